The Morgan fingerprint density at radius 2 is 2.06 bits per heavy atom. The van der Waals surface area contributed by atoms with E-state index in [-0.39, 0.29) is 21.7 Å². The zero-order valence-corrected chi connectivity index (χ0v) is 10.8. The number of carbonyl (C=O) groups excluding carboxylic acids is 1. The molecule has 0 bridgehead atoms. The van der Waals surface area contributed by atoms with E-state index in [0.717, 1.165) is 18.9 Å². The van der Waals surface area contributed by atoms with Gasteiger partial charge in [0.15, 0.2) is 17.4 Å². The summed E-state index contributed by atoms with van der Waals surface area (Å²) in [5, 5.41) is 0. The highest BCUT2D eigenvalue weighted by molar-refractivity contribution is 9.10. The van der Waals surface area contributed by atoms with Crippen molar-refractivity contribution in [3.05, 3.63) is 33.8 Å². The molecule has 1 aromatic carbocycles. The minimum Gasteiger partial charge on any atom is -0.294 e. The fraction of sp³-hybridized carbons (Fsp3) is 0.417. The van der Waals surface area contributed by atoms with Crippen LogP contribution in [0.25, 0.3) is 0 Å². The molecule has 0 radical (unpaired) electrons. The van der Waals surface area contributed by atoms with Crippen LogP contribution in [-0.2, 0) is 0 Å². The van der Waals surface area contributed by atoms with Crippen molar-refractivity contribution in [2.45, 2.75) is 26.7 Å². The molecule has 0 aliphatic carbocycles. The van der Waals surface area contributed by atoms with Crippen LogP contribution in [0, 0.1) is 17.6 Å². The van der Waals surface area contributed by atoms with Gasteiger partial charge < -0.3 is 0 Å². The minimum absolute atomic E-state index is 0.0829. The lowest BCUT2D eigenvalue weighted by Crippen LogP contribution is -2.12. The predicted octanol–water partition coefficient (Wildman–Crippen LogP) is 4.35. The topological polar surface area (TPSA) is 17.1 Å². The van der Waals surface area contributed by atoms with E-state index in [4.69, 9.17) is 0 Å². The average molecular weight is 291 g/mol. The minimum atomic E-state index is -1.01. The molecular weight excluding hydrogens is 278 g/mol. The van der Waals surface area contributed by atoms with Crippen LogP contribution in [0.3, 0.4) is 0 Å². The highest BCUT2D eigenvalue weighted by atomic mass is 79.9. The van der Waals surface area contributed by atoms with Crippen LogP contribution in [0.5, 0.6) is 0 Å². The van der Waals surface area contributed by atoms with Crippen molar-refractivity contribution in [3.63, 3.8) is 0 Å². The Balaban J connectivity index is 3.05. The molecule has 16 heavy (non-hydrogen) atoms. The lowest BCUT2D eigenvalue weighted by Gasteiger charge is -2.11. The van der Waals surface area contributed by atoms with Crippen molar-refractivity contribution in [3.8, 4) is 0 Å². The second-order valence-electron chi connectivity index (χ2n) is 3.78. The molecule has 0 amide bonds. The van der Waals surface area contributed by atoms with Gasteiger partial charge in [0.25, 0.3) is 0 Å². The van der Waals surface area contributed by atoms with E-state index in [0.29, 0.717) is 0 Å². The molecular formula is C12H13BrF2O. The molecule has 1 rings (SSSR count). The summed E-state index contributed by atoms with van der Waals surface area (Å²) in [6.07, 6.45) is 1.62. The third-order valence-electron chi connectivity index (χ3n) is 2.47. The van der Waals surface area contributed by atoms with Crippen LogP contribution in [0.15, 0.2) is 16.6 Å². The van der Waals surface area contributed by atoms with Gasteiger partial charge in [-0.25, -0.2) is 8.78 Å². The van der Waals surface area contributed by atoms with Gasteiger partial charge in [0, 0.05) is 11.5 Å². The summed E-state index contributed by atoms with van der Waals surface area (Å²) < 4.78 is 26.0. The SMILES string of the molecule is CCCC(C)C(=O)c1ccc(F)c(F)c1Br. The highest BCUT2D eigenvalue weighted by Gasteiger charge is 2.20. The van der Waals surface area contributed by atoms with Crippen molar-refractivity contribution >= 4 is 21.7 Å². The van der Waals surface area contributed by atoms with Crippen molar-refractivity contribution in [2.75, 3.05) is 0 Å². The van der Waals surface area contributed by atoms with E-state index in [2.05, 4.69) is 15.9 Å². The quantitative estimate of drug-likeness (QED) is 0.595. The van der Waals surface area contributed by atoms with Crippen LogP contribution in [-0.4, -0.2) is 5.78 Å². The molecule has 1 atom stereocenters. The predicted molar refractivity (Wildman–Crippen MR) is 62.5 cm³/mol. The summed E-state index contributed by atoms with van der Waals surface area (Å²) in [5.74, 6) is -2.29. The number of benzene rings is 1. The van der Waals surface area contributed by atoms with Crippen LogP contribution in [0.2, 0.25) is 0 Å². The van der Waals surface area contributed by atoms with E-state index in [1.807, 2.05) is 6.92 Å². The van der Waals surface area contributed by atoms with Gasteiger partial charge in [-0.15, -0.1) is 0 Å². The van der Waals surface area contributed by atoms with E-state index < -0.39 is 11.6 Å². The number of rotatable bonds is 4. The molecule has 0 heterocycles. The summed E-state index contributed by atoms with van der Waals surface area (Å²) in [6, 6.07) is 2.29. The van der Waals surface area contributed by atoms with Gasteiger partial charge in [-0.05, 0) is 34.5 Å². The number of carbonyl (C=O) groups is 1. The lowest BCUT2D eigenvalue weighted by atomic mass is 9.95. The fourth-order valence-electron chi connectivity index (χ4n) is 1.55. The van der Waals surface area contributed by atoms with Crippen molar-refractivity contribution in [2.24, 2.45) is 5.92 Å². The monoisotopic (exact) mass is 290 g/mol. The molecule has 4 heteroatoms. The van der Waals surface area contributed by atoms with Gasteiger partial charge in [0.05, 0.1) is 4.47 Å². The zero-order valence-electron chi connectivity index (χ0n) is 9.19. The van der Waals surface area contributed by atoms with Gasteiger partial charge in [-0.2, -0.15) is 0 Å². The molecule has 1 unspecified atom stereocenters. The Bertz CT molecular complexity index is 404. The van der Waals surface area contributed by atoms with Gasteiger partial charge in [-0.1, -0.05) is 20.3 Å². The number of ketones is 1. The van der Waals surface area contributed by atoms with E-state index in [1.165, 1.54) is 6.07 Å². The summed E-state index contributed by atoms with van der Waals surface area (Å²) in [7, 11) is 0. The standard InChI is InChI=1S/C12H13BrF2O/c1-3-4-7(2)12(16)8-5-6-9(14)11(15)10(8)13/h5-7H,3-4H2,1-2H3. The Labute approximate surface area is 102 Å². The van der Waals surface area contributed by atoms with Crippen LogP contribution < -0.4 is 0 Å². The van der Waals surface area contributed by atoms with Crippen LogP contribution in [0.4, 0.5) is 8.78 Å². The van der Waals surface area contributed by atoms with Gasteiger partial charge in [0.1, 0.15) is 0 Å². The first kappa shape index (κ1) is 13.3. The van der Waals surface area contributed by atoms with E-state index >= 15 is 0 Å². The van der Waals surface area contributed by atoms with Crippen molar-refractivity contribution in [1.82, 2.24) is 0 Å². The summed E-state index contributed by atoms with van der Waals surface area (Å²) >= 11 is 2.92. The first-order valence-electron chi connectivity index (χ1n) is 5.16. The third kappa shape index (κ3) is 2.67. The highest BCUT2D eigenvalue weighted by Crippen LogP contribution is 2.26. The largest absolute Gasteiger partial charge is 0.294 e. The van der Waals surface area contributed by atoms with Gasteiger partial charge in [0.2, 0.25) is 0 Å². The van der Waals surface area contributed by atoms with E-state index in [1.54, 1.807) is 6.92 Å². The molecule has 0 N–H and O–H groups in total. The normalized spacial score (nSPS) is 12.6. The molecule has 0 saturated carbocycles. The van der Waals surface area contributed by atoms with Crippen molar-refractivity contribution in [1.29, 1.82) is 0 Å². The number of hydrogen-bond acceptors (Lipinski definition) is 1. The Morgan fingerprint density at radius 1 is 1.44 bits per heavy atom. The Hall–Kier alpha value is -0.770. The maximum Gasteiger partial charge on any atom is 0.173 e. The second kappa shape index (κ2) is 5.53. The smallest absolute Gasteiger partial charge is 0.173 e. The van der Waals surface area contributed by atoms with Crippen LogP contribution in [0.1, 0.15) is 37.0 Å². The third-order valence-corrected chi connectivity index (χ3v) is 3.25. The van der Waals surface area contributed by atoms with E-state index in [9.17, 15) is 13.6 Å². The maximum atomic E-state index is 13.2. The lowest BCUT2D eigenvalue weighted by molar-refractivity contribution is 0.0922. The molecule has 0 saturated heterocycles. The summed E-state index contributed by atoms with van der Waals surface area (Å²) in [6.45, 7) is 3.77. The Morgan fingerprint density at radius 3 is 2.62 bits per heavy atom. The maximum absolute atomic E-state index is 13.2. The molecule has 0 aliphatic rings. The molecule has 0 aliphatic heterocycles. The molecule has 88 valence electrons. The molecule has 0 fully saturated rings. The molecule has 1 aromatic rings. The Kier molecular flexibility index (Phi) is 4.59. The molecule has 0 spiro atoms. The summed E-state index contributed by atoms with van der Waals surface area (Å²) in [4.78, 5) is 11.9. The zero-order chi connectivity index (χ0) is 12.3. The molecule has 1 nitrogen and oxygen atoms in total. The average Bonchev–Trinajstić information content (AvgIpc) is 2.26. The molecule has 0 aromatic heterocycles. The number of hydrogen-bond donors (Lipinski definition) is 0. The van der Waals surface area contributed by atoms with Gasteiger partial charge in [-0.3, -0.25) is 4.79 Å². The van der Waals surface area contributed by atoms with Gasteiger partial charge >= 0.3 is 0 Å². The number of halogens is 3. The number of Topliss-reactive ketones (excluding diaryl/α,β-unsaturated/α-hetero) is 1. The second-order valence-corrected chi connectivity index (χ2v) is 4.57. The fourth-order valence-corrected chi connectivity index (χ4v) is 2.06. The van der Waals surface area contributed by atoms with Crippen molar-refractivity contribution < 1.29 is 13.6 Å². The first-order chi connectivity index (χ1) is 7.49. The summed E-state index contributed by atoms with van der Waals surface area (Å²) in [5.41, 5.74) is 0.208. The van der Waals surface area contributed by atoms with Crippen LogP contribution >= 0.6 is 15.9 Å². The first-order valence-corrected chi connectivity index (χ1v) is 5.96.